The normalized spacial score (nSPS) is 13.1. The predicted molar refractivity (Wildman–Crippen MR) is 145 cm³/mol. The first-order valence-electron chi connectivity index (χ1n) is 12.8. The van der Waals surface area contributed by atoms with Gasteiger partial charge in [0.2, 0.25) is 0 Å². The Kier molecular flexibility index (Phi) is 12.8. The number of rotatable bonds is 5. The van der Waals surface area contributed by atoms with Crippen LogP contribution in [0.25, 0.3) is 0 Å². The van der Waals surface area contributed by atoms with Crippen molar-refractivity contribution in [1.82, 2.24) is 0 Å². The van der Waals surface area contributed by atoms with E-state index in [4.69, 9.17) is 18.9 Å². The number of carbonyl (C=O) groups is 4. The average molecular weight is 561 g/mol. The minimum absolute atomic E-state index is 0.0619. The molecular formula is C29H28N4O8. The standard InChI is InChI=1S/C15H12N2O4.C14H16N2O4/c18-14(20-11-12-7-3-1-4-8-12)16-17-15(19)21-13-9-5-2-6-10-13;17-13(19-11-7-3-1-4-8-11)15-16-14(18)20-12-9-5-2-6-10-12/h1-10H,11H2;1,3-4,7-8,12H,2,5-6,9-10H2. The minimum Gasteiger partial charge on any atom is -0.444 e. The molecule has 4 rings (SSSR count). The maximum atomic E-state index is 11.4. The average Bonchev–Trinajstić information content (AvgIpc) is 3.00. The van der Waals surface area contributed by atoms with E-state index in [2.05, 4.69) is 20.5 Å². The molecule has 3 aromatic carbocycles. The molecule has 1 saturated carbocycles. The fourth-order valence-corrected chi connectivity index (χ4v) is 3.48. The van der Waals surface area contributed by atoms with E-state index in [1.165, 1.54) is 6.42 Å². The summed E-state index contributed by atoms with van der Waals surface area (Å²) in [6, 6.07) is 25.9. The van der Waals surface area contributed by atoms with Gasteiger partial charge in [0.15, 0.2) is 0 Å². The van der Waals surface area contributed by atoms with E-state index in [0.29, 0.717) is 11.5 Å². The molecule has 4 amide bonds. The summed E-state index contributed by atoms with van der Waals surface area (Å²) in [6.45, 7) is 0.0619. The lowest BCUT2D eigenvalue weighted by Crippen LogP contribution is -2.19. The van der Waals surface area contributed by atoms with Crippen LogP contribution in [0.5, 0.6) is 11.5 Å². The number of para-hydroxylation sites is 2. The third-order valence-electron chi connectivity index (χ3n) is 5.35. The van der Waals surface area contributed by atoms with Gasteiger partial charge in [-0.25, -0.2) is 19.2 Å². The van der Waals surface area contributed by atoms with Crippen LogP contribution in [0.2, 0.25) is 0 Å². The smallest absolute Gasteiger partial charge is 0.444 e. The Morgan fingerprint density at radius 3 is 1.51 bits per heavy atom. The van der Waals surface area contributed by atoms with E-state index in [1.54, 1.807) is 72.8 Å². The molecule has 0 aromatic heterocycles. The van der Waals surface area contributed by atoms with Crippen molar-refractivity contribution in [3.05, 3.63) is 96.6 Å². The summed E-state index contributed by atoms with van der Waals surface area (Å²) in [7, 11) is 0. The topological polar surface area (TPSA) is 155 Å². The van der Waals surface area contributed by atoms with Crippen molar-refractivity contribution in [2.75, 3.05) is 0 Å². The molecule has 0 saturated heterocycles. The van der Waals surface area contributed by atoms with Crippen molar-refractivity contribution in [3.63, 3.8) is 0 Å². The van der Waals surface area contributed by atoms with Crippen LogP contribution < -0.4 is 9.47 Å². The van der Waals surface area contributed by atoms with Gasteiger partial charge in [-0.1, -0.05) is 93.6 Å². The zero-order chi connectivity index (χ0) is 29.1. The fraction of sp³-hybridized carbons (Fsp3) is 0.241. The van der Waals surface area contributed by atoms with E-state index < -0.39 is 24.4 Å². The fourth-order valence-electron chi connectivity index (χ4n) is 3.48. The highest BCUT2D eigenvalue weighted by Crippen LogP contribution is 2.20. The van der Waals surface area contributed by atoms with Crippen LogP contribution in [0.1, 0.15) is 37.7 Å². The molecule has 0 bridgehead atoms. The Bertz CT molecular complexity index is 1310. The van der Waals surface area contributed by atoms with Crippen LogP contribution in [-0.4, -0.2) is 30.5 Å². The van der Waals surface area contributed by atoms with Crippen molar-refractivity contribution in [1.29, 1.82) is 0 Å². The molecule has 1 aliphatic rings. The summed E-state index contributed by atoms with van der Waals surface area (Å²) in [5.74, 6) is 0.663. The molecule has 12 heteroatoms. The number of hydrogen-bond donors (Lipinski definition) is 0. The lowest BCUT2D eigenvalue weighted by atomic mass is 9.98. The van der Waals surface area contributed by atoms with E-state index in [9.17, 15) is 19.2 Å². The molecule has 3 aromatic rings. The second-order valence-corrected chi connectivity index (χ2v) is 8.45. The molecule has 12 nitrogen and oxygen atoms in total. The van der Waals surface area contributed by atoms with Crippen molar-refractivity contribution in [2.45, 2.75) is 44.8 Å². The number of ether oxygens (including phenoxy) is 4. The molecule has 0 aliphatic heterocycles. The molecule has 0 radical (unpaired) electrons. The molecule has 1 aliphatic carbocycles. The minimum atomic E-state index is -0.988. The first kappa shape index (κ1) is 30.3. The van der Waals surface area contributed by atoms with Crippen LogP contribution in [0.4, 0.5) is 19.2 Å². The van der Waals surface area contributed by atoms with Crippen LogP contribution >= 0.6 is 0 Å². The number of hydrogen-bond acceptors (Lipinski definition) is 8. The van der Waals surface area contributed by atoms with Crippen molar-refractivity contribution < 1.29 is 38.1 Å². The van der Waals surface area contributed by atoms with E-state index in [0.717, 1.165) is 31.2 Å². The molecule has 1 fully saturated rings. The van der Waals surface area contributed by atoms with Crippen molar-refractivity contribution in [3.8, 4) is 11.5 Å². The third-order valence-corrected chi connectivity index (χ3v) is 5.35. The highest BCUT2D eigenvalue weighted by atomic mass is 16.6. The second-order valence-electron chi connectivity index (χ2n) is 8.45. The maximum Gasteiger partial charge on any atom is 0.458 e. The third kappa shape index (κ3) is 12.9. The van der Waals surface area contributed by atoms with Gasteiger partial charge in [-0.2, -0.15) is 0 Å². The number of carbonyl (C=O) groups excluding carboxylic acids is 4. The van der Waals surface area contributed by atoms with Crippen molar-refractivity contribution >= 4 is 24.4 Å². The van der Waals surface area contributed by atoms with Crippen LogP contribution in [-0.2, 0) is 16.1 Å². The highest BCUT2D eigenvalue weighted by molar-refractivity contribution is 5.75. The summed E-state index contributed by atoms with van der Waals surface area (Å²) < 4.78 is 19.6. The van der Waals surface area contributed by atoms with Crippen LogP contribution in [0.3, 0.4) is 0 Å². The van der Waals surface area contributed by atoms with Gasteiger partial charge < -0.3 is 18.9 Å². The molecule has 0 atom stereocenters. The summed E-state index contributed by atoms with van der Waals surface area (Å²) in [4.78, 5) is 45.3. The van der Waals surface area contributed by atoms with Gasteiger partial charge in [-0.15, -0.1) is 0 Å². The predicted octanol–water partition coefficient (Wildman–Crippen LogP) is 8.08. The van der Waals surface area contributed by atoms with Crippen molar-refractivity contribution in [2.24, 2.45) is 20.5 Å². The van der Waals surface area contributed by atoms with Gasteiger partial charge >= 0.3 is 24.4 Å². The highest BCUT2D eigenvalue weighted by Gasteiger charge is 2.17. The molecule has 0 unspecified atom stereocenters. The lowest BCUT2D eigenvalue weighted by Gasteiger charge is -2.20. The quantitative estimate of drug-likeness (QED) is 0.284. The summed E-state index contributed by atoms with van der Waals surface area (Å²) in [5.41, 5.74) is 0.813. The number of azo groups is 2. The number of amides is 4. The van der Waals surface area contributed by atoms with Gasteiger partial charge in [0.25, 0.3) is 0 Å². The second kappa shape index (κ2) is 17.4. The van der Waals surface area contributed by atoms with Gasteiger partial charge in [0.05, 0.1) is 0 Å². The Balaban J connectivity index is 0.000000226. The zero-order valence-electron chi connectivity index (χ0n) is 22.0. The Labute approximate surface area is 236 Å². The Morgan fingerprint density at radius 2 is 1.00 bits per heavy atom. The van der Waals surface area contributed by atoms with E-state index in [1.807, 2.05) is 18.2 Å². The van der Waals surface area contributed by atoms with Crippen LogP contribution in [0.15, 0.2) is 111 Å². The van der Waals surface area contributed by atoms with E-state index in [-0.39, 0.29) is 12.7 Å². The first-order chi connectivity index (χ1) is 20.0. The van der Waals surface area contributed by atoms with Crippen LogP contribution in [0, 0.1) is 0 Å². The van der Waals surface area contributed by atoms with Gasteiger partial charge in [-0.3, -0.25) is 0 Å². The lowest BCUT2D eigenvalue weighted by molar-refractivity contribution is 0.0817. The molecule has 41 heavy (non-hydrogen) atoms. The summed E-state index contributed by atoms with van der Waals surface area (Å²) in [6.07, 6.45) is 1.10. The van der Waals surface area contributed by atoms with Gasteiger partial charge in [0, 0.05) is 0 Å². The van der Waals surface area contributed by atoms with Gasteiger partial charge in [-0.05, 0) is 55.5 Å². The molecule has 0 spiro atoms. The maximum absolute atomic E-state index is 11.4. The molecular weight excluding hydrogens is 532 g/mol. The summed E-state index contributed by atoms with van der Waals surface area (Å²) in [5, 5.41) is 12.6. The molecule has 0 heterocycles. The zero-order valence-corrected chi connectivity index (χ0v) is 22.0. The monoisotopic (exact) mass is 560 g/mol. The first-order valence-corrected chi connectivity index (χ1v) is 12.8. The summed E-state index contributed by atoms with van der Waals surface area (Å²) >= 11 is 0. The molecule has 0 N–H and O–H groups in total. The molecule has 212 valence electrons. The Morgan fingerprint density at radius 1 is 0.561 bits per heavy atom. The largest absolute Gasteiger partial charge is 0.458 e. The number of nitrogens with zero attached hydrogens (tertiary/aromatic N) is 4. The number of benzene rings is 3. The SMILES string of the molecule is O=C(N=NC(=O)OC1CCCCC1)Oc1ccccc1.O=C(N=NC(=O)Oc1ccccc1)OCc1ccccc1. The van der Waals surface area contributed by atoms with E-state index >= 15 is 0 Å². The Hall–Kier alpha value is -5.26. The van der Waals surface area contributed by atoms with Gasteiger partial charge in [0.1, 0.15) is 24.2 Å².